The summed E-state index contributed by atoms with van der Waals surface area (Å²) in [5, 5.41) is 1.08. The Bertz CT molecular complexity index is 139. The van der Waals surface area contributed by atoms with Gasteiger partial charge in [-0.1, -0.05) is 22.0 Å². The fourth-order valence-corrected chi connectivity index (χ4v) is 2.36. The monoisotopic (exact) mass is 232 g/mol. The van der Waals surface area contributed by atoms with E-state index in [9.17, 15) is 0 Å². The first-order valence-electron chi connectivity index (χ1n) is 4.58. The van der Waals surface area contributed by atoms with Gasteiger partial charge in [0.05, 0.1) is 6.61 Å². The molecule has 0 aromatic rings. The Balaban J connectivity index is 2.28. The van der Waals surface area contributed by atoms with Gasteiger partial charge in [-0.2, -0.15) is 0 Å². The highest BCUT2D eigenvalue weighted by Crippen LogP contribution is 2.35. The van der Waals surface area contributed by atoms with Crippen LogP contribution in [0.1, 0.15) is 25.7 Å². The summed E-state index contributed by atoms with van der Waals surface area (Å²) in [5.74, 6) is 0. The van der Waals surface area contributed by atoms with Crippen molar-refractivity contribution >= 4 is 15.9 Å². The van der Waals surface area contributed by atoms with Crippen molar-refractivity contribution in [1.82, 2.24) is 0 Å². The maximum atomic E-state index is 5.43. The SMILES string of the molecule is C=CCCCC1(CBr)CCOC1. The Morgan fingerprint density at radius 3 is 2.92 bits per heavy atom. The maximum Gasteiger partial charge on any atom is 0.0531 e. The van der Waals surface area contributed by atoms with Gasteiger partial charge in [-0.25, -0.2) is 0 Å². The minimum Gasteiger partial charge on any atom is -0.381 e. The fraction of sp³-hybridized carbons (Fsp3) is 0.800. The molecule has 1 fully saturated rings. The molecule has 0 radical (unpaired) electrons. The van der Waals surface area contributed by atoms with Gasteiger partial charge >= 0.3 is 0 Å². The van der Waals surface area contributed by atoms with Crippen LogP contribution in [0.4, 0.5) is 0 Å². The van der Waals surface area contributed by atoms with E-state index in [-0.39, 0.29) is 0 Å². The standard InChI is InChI=1S/C10H17BrO/c1-2-3-4-5-10(8-11)6-7-12-9-10/h2H,1,3-9H2. The predicted octanol–water partition coefficient (Wildman–Crippen LogP) is 3.14. The Labute approximate surface area is 83.3 Å². The van der Waals surface area contributed by atoms with Crippen molar-refractivity contribution in [3.8, 4) is 0 Å². The molecule has 0 aliphatic carbocycles. The average molecular weight is 233 g/mol. The molecule has 1 aliphatic heterocycles. The number of ether oxygens (including phenoxy) is 1. The second-order valence-electron chi connectivity index (χ2n) is 3.62. The van der Waals surface area contributed by atoms with Gasteiger partial charge in [0, 0.05) is 17.4 Å². The molecule has 1 saturated heterocycles. The van der Waals surface area contributed by atoms with Crippen LogP contribution < -0.4 is 0 Å². The van der Waals surface area contributed by atoms with Crippen LogP contribution in [0.15, 0.2) is 12.7 Å². The average Bonchev–Trinajstić information content (AvgIpc) is 2.55. The molecule has 1 rings (SSSR count). The molecule has 1 nitrogen and oxygen atoms in total. The molecule has 1 heterocycles. The topological polar surface area (TPSA) is 9.23 Å². The van der Waals surface area contributed by atoms with Crippen molar-refractivity contribution < 1.29 is 4.74 Å². The smallest absolute Gasteiger partial charge is 0.0531 e. The van der Waals surface area contributed by atoms with Gasteiger partial charge in [0.2, 0.25) is 0 Å². The molecular formula is C10H17BrO. The lowest BCUT2D eigenvalue weighted by Gasteiger charge is -2.24. The highest BCUT2D eigenvalue weighted by Gasteiger charge is 2.32. The van der Waals surface area contributed by atoms with Gasteiger partial charge in [0.1, 0.15) is 0 Å². The van der Waals surface area contributed by atoms with Crippen molar-refractivity contribution in [1.29, 1.82) is 0 Å². The lowest BCUT2D eigenvalue weighted by atomic mass is 9.84. The molecule has 0 spiro atoms. The quantitative estimate of drug-likeness (QED) is 0.402. The third kappa shape index (κ3) is 2.60. The van der Waals surface area contributed by atoms with Crippen molar-refractivity contribution in [3.05, 3.63) is 12.7 Å². The number of allylic oxidation sites excluding steroid dienone is 1. The minimum atomic E-state index is 0.434. The highest BCUT2D eigenvalue weighted by molar-refractivity contribution is 9.09. The third-order valence-electron chi connectivity index (χ3n) is 2.58. The van der Waals surface area contributed by atoms with Gasteiger partial charge < -0.3 is 4.74 Å². The van der Waals surface area contributed by atoms with Crippen LogP contribution >= 0.6 is 15.9 Å². The van der Waals surface area contributed by atoms with Crippen molar-refractivity contribution in [2.75, 3.05) is 18.5 Å². The van der Waals surface area contributed by atoms with E-state index < -0.39 is 0 Å². The molecule has 12 heavy (non-hydrogen) atoms. The summed E-state index contributed by atoms with van der Waals surface area (Å²) in [6.07, 6.45) is 6.87. The van der Waals surface area contributed by atoms with E-state index in [0.717, 1.165) is 25.0 Å². The Kier molecular flexibility index (Phi) is 4.30. The molecule has 1 unspecified atom stereocenters. The normalized spacial score (nSPS) is 29.1. The molecule has 2 heteroatoms. The van der Waals surface area contributed by atoms with Crippen molar-refractivity contribution in [3.63, 3.8) is 0 Å². The van der Waals surface area contributed by atoms with Gasteiger partial charge in [-0.15, -0.1) is 6.58 Å². The molecule has 0 bridgehead atoms. The first-order valence-corrected chi connectivity index (χ1v) is 5.70. The van der Waals surface area contributed by atoms with E-state index in [4.69, 9.17) is 4.74 Å². The molecule has 70 valence electrons. The van der Waals surface area contributed by atoms with Gasteiger partial charge in [0.15, 0.2) is 0 Å². The maximum absolute atomic E-state index is 5.43. The zero-order valence-electron chi connectivity index (χ0n) is 7.52. The molecule has 0 saturated carbocycles. The Hall–Kier alpha value is 0.180. The summed E-state index contributed by atoms with van der Waals surface area (Å²) in [6.45, 7) is 5.61. The van der Waals surface area contributed by atoms with E-state index in [1.807, 2.05) is 6.08 Å². The number of hydrogen-bond acceptors (Lipinski definition) is 1. The number of alkyl halides is 1. The zero-order chi connectivity index (χ0) is 8.86. The minimum absolute atomic E-state index is 0.434. The van der Waals surface area contributed by atoms with Gasteiger partial charge in [-0.3, -0.25) is 0 Å². The summed E-state index contributed by atoms with van der Waals surface area (Å²) in [5.41, 5.74) is 0.434. The van der Waals surface area contributed by atoms with E-state index in [2.05, 4.69) is 22.5 Å². The molecule has 1 atom stereocenters. The van der Waals surface area contributed by atoms with Crippen LogP contribution in [0.3, 0.4) is 0 Å². The molecule has 0 aromatic heterocycles. The lowest BCUT2D eigenvalue weighted by Crippen LogP contribution is -2.22. The number of rotatable bonds is 5. The van der Waals surface area contributed by atoms with E-state index in [1.54, 1.807) is 0 Å². The highest BCUT2D eigenvalue weighted by atomic mass is 79.9. The third-order valence-corrected chi connectivity index (χ3v) is 3.77. The van der Waals surface area contributed by atoms with Crippen LogP contribution in [0.25, 0.3) is 0 Å². The summed E-state index contributed by atoms with van der Waals surface area (Å²) in [6, 6.07) is 0. The van der Waals surface area contributed by atoms with E-state index >= 15 is 0 Å². The Morgan fingerprint density at radius 2 is 2.42 bits per heavy atom. The molecule has 0 amide bonds. The van der Waals surface area contributed by atoms with Crippen molar-refractivity contribution in [2.24, 2.45) is 5.41 Å². The van der Waals surface area contributed by atoms with Gasteiger partial charge in [0.25, 0.3) is 0 Å². The van der Waals surface area contributed by atoms with Crippen LogP contribution in [-0.2, 0) is 4.74 Å². The Morgan fingerprint density at radius 1 is 1.58 bits per heavy atom. The first kappa shape index (κ1) is 10.3. The van der Waals surface area contributed by atoms with E-state index in [1.165, 1.54) is 19.3 Å². The largest absolute Gasteiger partial charge is 0.381 e. The zero-order valence-corrected chi connectivity index (χ0v) is 9.11. The molecule has 0 N–H and O–H groups in total. The molecule has 1 aliphatic rings. The first-order chi connectivity index (χ1) is 5.83. The van der Waals surface area contributed by atoms with E-state index in [0.29, 0.717) is 5.41 Å². The summed E-state index contributed by atoms with van der Waals surface area (Å²) >= 11 is 3.58. The summed E-state index contributed by atoms with van der Waals surface area (Å²) < 4.78 is 5.43. The van der Waals surface area contributed by atoms with Gasteiger partial charge in [-0.05, 0) is 25.7 Å². The number of halogens is 1. The second kappa shape index (κ2) is 5.03. The fourth-order valence-electron chi connectivity index (χ4n) is 1.64. The second-order valence-corrected chi connectivity index (χ2v) is 4.18. The van der Waals surface area contributed by atoms with Crippen LogP contribution in [0, 0.1) is 5.41 Å². The van der Waals surface area contributed by atoms with Crippen molar-refractivity contribution in [2.45, 2.75) is 25.7 Å². The van der Waals surface area contributed by atoms with Crippen LogP contribution in [-0.4, -0.2) is 18.5 Å². The summed E-state index contributed by atoms with van der Waals surface area (Å²) in [7, 11) is 0. The lowest BCUT2D eigenvalue weighted by molar-refractivity contribution is 0.156. The number of hydrogen-bond donors (Lipinski definition) is 0. The van der Waals surface area contributed by atoms with Crippen LogP contribution in [0.5, 0.6) is 0 Å². The molecule has 0 aromatic carbocycles. The van der Waals surface area contributed by atoms with Crippen LogP contribution in [0.2, 0.25) is 0 Å². The predicted molar refractivity (Wildman–Crippen MR) is 55.7 cm³/mol. The number of unbranched alkanes of at least 4 members (excludes halogenated alkanes) is 1. The molecular weight excluding hydrogens is 216 g/mol. The summed E-state index contributed by atoms with van der Waals surface area (Å²) in [4.78, 5) is 0.